The van der Waals surface area contributed by atoms with Gasteiger partial charge in [-0.05, 0) is 68.6 Å². The van der Waals surface area contributed by atoms with Crippen molar-refractivity contribution in [1.29, 1.82) is 0 Å². The van der Waals surface area contributed by atoms with Gasteiger partial charge in [0.25, 0.3) is 0 Å². The number of aliphatic hydroxyl groups is 1. The van der Waals surface area contributed by atoms with Crippen LogP contribution in [0.15, 0.2) is 0 Å². The molecule has 0 fully saturated rings. The zero-order chi connectivity index (χ0) is 23.0. The van der Waals surface area contributed by atoms with E-state index in [1.807, 2.05) is 0 Å². The van der Waals surface area contributed by atoms with E-state index in [0.29, 0.717) is 6.61 Å². The number of rotatable bonds is 14. The molecule has 0 saturated carbocycles. The smallest absolute Gasteiger partial charge is 0.118 e. The van der Waals surface area contributed by atoms with E-state index in [1.54, 1.807) is 0 Å². The molecule has 0 bridgehead atoms. The van der Waals surface area contributed by atoms with Crippen LogP contribution >= 0.6 is 22.6 Å². The first-order valence-corrected chi connectivity index (χ1v) is 14.8. The molecule has 0 spiro atoms. The first-order valence-electron chi connectivity index (χ1n) is 13.2. The molecule has 2 unspecified atom stereocenters. The third-order valence-corrected chi connectivity index (χ3v) is 6.54. The molecule has 0 aromatic carbocycles. The fraction of sp³-hybridized carbons (Fsp3) is 0.857. The van der Waals surface area contributed by atoms with Crippen LogP contribution in [-0.4, -0.2) is 41.6 Å². The molecule has 2 rings (SSSR count). The predicted octanol–water partition coefficient (Wildman–Crippen LogP) is 7.23. The summed E-state index contributed by atoms with van der Waals surface area (Å²) < 4.78 is 12.9. The molecule has 184 valence electrons. The minimum Gasteiger partial charge on any atom is -0.396 e. The first-order chi connectivity index (χ1) is 15.9. The van der Waals surface area contributed by atoms with Crippen LogP contribution in [0.25, 0.3) is 0 Å². The second-order valence-electron chi connectivity index (χ2n) is 8.80. The van der Waals surface area contributed by atoms with Crippen molar-refractivity contribution >= 4 is 22.6 Å². The number of halogens is 1. The molecule has 0 amide bonds. The molecule has 0 aliphatic heterocycles. The molecule has 2 atom stereocenters. The second kappa shape index (κ2) is 23.9. The van der Waals surface area contributed by atoms with Crippen LogP contribution < -0.4 is 0 Å². The lowest BCUT2D eigenvalue weighted by Crippen LogP contribution is -2.12. The molecule has 32 heavy (non-hydrogen) atoms. The normalized spacial score (nSPS) is 20.7. The Labute approximate surface area is 212 Å². The summed E-state index contributed by atoms with van der Waals surface area (Å²) in [7, 11) is 0. The Bertz CT molecular complexity index is 480. The molecule has 0 saturated heterocycles. The Morgan fingerprint density at radius 2 is 1.12 bits per heavy atom. The molecular formula is C28H47IO3. The average Bonchev–Trinajstić information content (AvgIpc) is 2.76. The molecule has 0 aromatic rings. The summed E-state index contributed by atoms with van der Waals surface area (Å²) in [4.78, 5) is 0. The zero-order valence-electron chi connectivity index (χ0n) is 20.4. The topological polar surface area (TPSA) is 38.7 Å². The number of aliphatic hydroxyl groups excluding tert-OH is 1. The van der Waals surface area contributed by atoms with Crippen molar-refractivity contribution in [3.05, 3.63) is 0 Å². The van der Waals surface area contributed by atoms with Crippen molar-refractivity contribution in [1.82, 2.24) is 0 Å². The third kappa shape index (κ3) is 19.2. The maximum Gasteiger partial charge on any atom is 0.118 e. The number of hydrogen-bond donors (Lipinski definition) is 1. The van der Waals surface area contributed by atoms with Crippen molar-refractivity contribution in [2.75, 3.05) is 24.2 Å². The Hall–Kier alpha value is -0.270. The number of ether oxygens (including phenoxy) is 2. The fourth-order valence-electron chi connectivity index (χ4n) is 3.77. The van der Waals surface area contributed by atoms with Crippen LogP contribution in [0.2, 0.25) is 0 Å². The zero-order valence-corrected chi connectivity index (χ0v) is 22.5. The summed E-state index contributed by atoms with van der Waals surface area (Å²) in [6.45, 7) is 2.04. The van der Waals surface area contributed by atoms with E-state index in [1.165, 1.54) is 68.6 Å². The van der Waals surface area contributed by atoms with Crippen LogP contribution in [0.4, 0.5) is 0 Å². The van der Waals surface area contributed by atoms with E-state index in [9.17, 15) is 0 Å². The molecule has 0 heterocycles. The van der Waals surface area contributed by atoms with E-state index < -0.39 is 0 Å². The molecule has 2 aliphatic carbocycles. The maximum atomic E-state index is 8.64. The van der Waals surface area contributed by atoms with Crippen LogP contribution in [-0.2, 0) is 9.47 Å². The predicted molar refractivity (Wildman–Crippen MR) is 144 cm³/mol. The van der Waals surface area contributed by atoms with E-state index in [-0.39, 0.29) is 12.2 Å². The largest absolute Gasteiger partial charge is 0.396 e. The highest BCUT2D eigenvalue weighted by Gasteiger charge is 2.07. The quantitative estimate of drug-likeness (QED) is 0.106. The lowest BCUT2D eigenvalue weighted by Gasteiger charge is -2.13. The van der Waals surface area contributed by atoms with E-state index in [2.05, 4.69) is 46.3 Å². The van der Waals surface area contributed by atoms with Gasteiger partial charge in [-0.1, -0.05) is 73.0 Å². The summed E-state index contributed by atoms with van der Waals surface area (Å²) in [5.41, 5.74) is 0. The van der Waals surface area contributed by atoms with Gasteiger partial charge in [-0.2, -0.15) is 0 Å². The number of alkyl halides is 1. The van der Waals surface area contributed by atoms with Crippen LogP contribution in [0.1, 0.15) is 116 Å². The van der Waals surface area contributed by atoms with Crippen molar-refractivity contribution < 1.29 is 14.6 Å². The van der Waals surface area contributed by atoms with Gasteiger partial charge in [0.15, 0.2) is 0 Å². The van der Waals surface area contributed by atoms with Gasteiger partial charge in [-0.3, -0.25) is 0 Å². The average molecular weight is 559 g/mol. The van der Waals surface area contributed by atoms with Crippen molar-refractivity contribution in [2.24, 2.45) is 0 Å². The highest BCUT2D eigenvalue weighted by molar-refractivity contribution is 14.1. The molecular weight excluding hydrogens is 511 g/mol. The van der Waals surface area contributed by atoms with Crippen molar-refractivity contribution in [3.8, 4) is 23.7 Å². The van der Waals surface area contributed by atoms with Crippen LogP contribution in [0.3, 0.4) is 0 Å². The molecule has 3 nitrogen and oxygen atoms in total. The molecule has 1 N–H and O–H groups in total. The summed E-state index contributed by atoms with van der Waals surface area (Å²) in [5, 5.41) is 8.64. The van der Waals surface area contributed by atoms with Gasteiger partial charge in [-0.25, -0.2) is 0 Å². The van der Waals surface area contributed by atoms with Crippen LogP contribution in [0, 0.1) is 23.7 Å². The van der Waals surface area contributed by atoms with Gasteiger partial charge < -0.3 is 14.6 Å². The summed E-state index contributed by atoms with van der Waals surface area (Å²) in [6, 6.07) is 0. The Morgan fingerprint density at radius 1 is 0.625 bits per heavy atom. The second-order valence-corrected chi connectivity index (χ2v) is 9.88. The SMILES string of the molecule is ICCCCCCOC1C#CCCCCC1.OCCCCCCOC1C#CCCCCC1. The van der Waals surface area contributed by atoms with Gasteiger partial charge in [0.05, 0.1) is 0 Å². The van der Waals surface area contributed by atoms with Gasteiger partial charge in [0.1, 0.15) is 12.2 Å². The van der Waals surface area contributed by atoms with Gasteiger partial charge in [-0.15, -0.1) is 11.8 Å². The summed E-state index contributed by atoms with van der Waals surface area (Å²) in [6.07, 6.45) is 21.9. The lowest BCUT2D eigenvalue weighted by molar-refractivity contribution is 0.0798. The highest BCUT2D eigenvalue weighted by Crippen LogP contribution is 2.13. The number of unbranched alkanes of at least 4 members (excludes halogenated alkanes) is 6. The van der Waals surface area contributed by atoms with Crippen molar-refractivity contribution in [2.45, 2.75) is 128 Å². The minimum atomic E-state index is 0.179. The summed E-state index contributed by atoms with van der Waals surface area (Å²) in [5.74, 6) is 12.9. The van der Waals surface area contributed by atoms with E-state index in [0.717, 1.165) is 64.6 Å². The minimum absolute atomic E-state index is 0.179. The van der Waals surface area contributed by atoms with Crippen LogP contribution in [0.5, 0.6) is 0 Å². The lowest BCUT2D eigenvalue weighted by atomic mass is 10.1. The van der Waals surface area contributed by atoms with Crippen molar-refractivity contribution in [3.63, 3.8) is 0 Å². The van der Waals surface area contributed by atoms with Gasteiger partial charge >= 0.3 is 0 Å². The third-order valence-electron chi connectivity index (χ3n) is 5.78. The molecule has 0 radical (unpaired) electrons. The number of hydrogen-bond acceptors (Lipinski definition) is 3. The standard InChI is InChI=1S/C14H23IO.C14H24O2/c2*15-12-8-4-5-9-13-16-14-10-6-2-1-3-7-11-14/h14H,1-6,8-10,12-13H2;14-15H,1-6,8-10,12-13H2. The Kier molecular flexibility index (Phi) is 22.2. The summed E-state index contributed by atoms with van der Waals surface area (Å²) >= 11 is 2.44. The van der Waals surface area contributed by atoms with Gasteiger partial charge in [0.2, 0.25) is 0 Å². The molecule has 4 heteroatoms. The fourth-order valence-corrected chi connectivity index (χ4v) is 4.31. The monoisotopic (exact) mass is 558 g/mol. The highest BCUT2D eigenvalue weighted by atomic mass is 127. The Morgan fingerprint density at radius 3 is 1.62 bits per heavy atom. The van der Waals surface area contributed by atoms with Gasteiger partial charge in [0, 0.05) is 32.7 Å². The molecule has 2 aliphatic rings. The van der Waals surface area contributed by atoms with E-state index >= 15 is 0 Å². The molecule has 0 aromatic heterocycles. The maximum absolute atomic E-state index is 8.64. The van der Waals surface area contributed by atoms with E-state index in [4.69, 9.17) is 14.6 Å². The first kappa shape index (κ1) is 29.8. The Balaban J connectivity index is 0.000000320.